The van der Waals surface area contributed by atoms with Crippen LogP contribution in [-0.4, -0.2) is 18.8 Å². The maximum atomic E-state index is 9.87. The fraction of sp³-hybridized carbons (Fsp3) is 0.294. The van der Waals surface area contributed by atoms with Crippen LogP contribution < -0.4 is 4.74 Å². The molecule has 1 unspecified atom stereocenters. The third-order valence-corrected chi connectivity index (χ3v) is 4.02. The molecule has 0 saturated heterocycles. The van der Waals surface area contributed by atoms with Crippen LogP contribution in [0.3, 0.4) is 0 Å². The Morgan fingerprint density at radius 3 is 2.55 bits per heavy atom. The minimum absolute atomic E-state index is 0.0470. The quantitative estimate of drug-likeness (QED) is 0.906. The van der Waals surface area contributed by atoms with E-state index in [1.54, 1.807) is 7.11 Å². The summed E-state index contributed by atoms with van der Waals surface area (Å²) in [6.45, 7) is 2.08. The van der Waals surface area contributed by atoms with Gasteiger partial charge in [-0.25, -0.2) is 0 Å². The van der Waals surface area contributed by atoms with Crippen LogP contribution in [-0.2, 0) is 11.8 Å². The summed E-state index contributed by atoms with van der Waals surface area (Å²) in [6.07, 6.45) is 0.677. The molecule has 0 spiro atoms. The van der Waals surface area contributed by atoms with Crippen molar-refractivity contribution in [3.05, 3.63) is 64.7 Å². The summed E-state index contributed by atoms with van der Waals surface area (Å²) in [4.78, 5) is 0. The largest absolute Gasteiger partial charge is 0.497 e. The van der Waals surface area contributed by atoms with Gasteiger partial charge in [-0.2, -0.15) is 0 Å². The molecule has 1 N–H and O–H groups in total. The highest BCUT2D eigenvalue weighted by Gasteiger charge is 2.27. The zero-order chi connectivity index (χ0) is 14.6. The average Bonchev–Trinajstić information content (AvgIpc) is 2.49. The van der Waals surface area contributed by atoms with E-state index >= 15 is 0 Å². The van der Waals surface area contributed by atoms with Crippen molar-refractivity contribution in [3.63, 3.8) is 0 Å². The van der Waals surface area contributed by atoms with E-state index in [9.17, 15) is 5.11 Å². The van der Waals surface area contributed by atoms with E-state index in [2.05, 4.69) is 0 Å². The van der Waals surface area contributed by atoms with Gasteiger partial charge in [0.05, 0.1) is 13.7 Å². The zero-order valence-electron chi connectivity index (χ0n) is 11.8. The Balaban J connectivity index is 2.35. The van der Waals surface area contributed by atoms with E-state index in [0.29, 0.717) is 6.42 Å². The van der Waals surface area contributed by atoms with Gasteiger partial charge in [0.15, 0.2) is 0 Å². The van der Waals surface area contributed by atoms with E-state index in [1.165, 1.54) is 0 Å². The molecule has 0 aliphatic heterocycles. The number of aliphatic hydroxyl groups excluding tert-OH is 1. The monoisotopic (exact) mass is 290 g/mol. The molecule has 20 heavy (non-hydrogen) atoms. The SMILES string of the molecule is COc1cccc(C(C)(CO)Cc2ccccc2Cl)c1. The fourth-order valence-electron chi connectivity index (χ4n) is 2.31. The number of hydrogen-bond donors (Lipinski definition) is 1. The normalized spacial score (nSPS) is 13.8. The van der Waals surface area contributed by atoms with E-state index in [1.807, 2.05) is 55.5 Å². The number of benzene rings is 2. The van der Waals surface area contributed by atoms with Gasteiger partial charge < -0.3 is 9.84 Å². The Hall–Kier alpha value is -1.51. The van der Waals surface area contributed by atoms with Crippen molar-refractivity contribution in [3.8, 4) is 5.75 Å². The molecule has 2 aromatic carbocycles. The Labute approximate surface area is 125 Å². The fourth-order valence-corrected chi connectivity index (χ4v) is 2.51. The molecule has 1 atom stereocenters. The maximum absolute atomic E-state index is 9.87. The molecule has 0 aliphatic carbocycles. The summed E-state index contributed by atoms with van der Waals surface area (Å²) in [7, 11) is 1.64. The van der Waals surface area contributed by atoms with Crippen molar-refractivity contribution in [2.24, 2.45) is 0 Å². The first kappa shape index (κ1) is 14.9. The third-order valence-electron chi connectivity index (χ3n) is 3.65. The van der Waals surface area contributed by atoms with Crippen molar-refractivity contribution >= 4 is 11.6 Å². The molecule has 0 heterocycles. The highest BCUT2D eigenvalue weighted by Crippen LogP contribution is 2.32. The average molecular weight is 291 g/mol. The Kier molecular flexibility index (Phi) is 4.69. The maximum Gasteiger partial charge on any atom is 0.119 e. The van der Waals surface area contributed by atoms with Gasteiger partial charge in [-0.15, -0.1) is 0 Å². The first-order chi connectivity index (χ1) is 9.59. The number of halogens is 1. The van der Waals surface area contributed by atoms with Gasteiger partial charge in [-0.1, -0.05) is 48.9 Å². The second-order valence-corrected chi connectivity index (χ2v) is 5.63. The van der Waals surface area contributed by atoms with E-state index in [-0.39, 0.29) is 12.0 Å². The number of aliphatic hydroxyl groups is 1. The van der Waals surface area contributed by atoms with E-state index < -0.39 is 0 Å². The van der Waals surface area contributed by atoms with E-state index in [0.717, 1.165) is 21.9 Å². The van der Waals surface area contributed by atoms with Crippen molar-refractivity contribution in [2.45, 2.75) is 18.8 Å². The third kappa shape index (κ3) is 3.14. The van der Waals surface area contributed by atoms with Gasteiger partial charge in [0, 0.05) is 10.4 Å². The van der Waals surface area contributed by atoms with Crippen LogP contribution in [0.5, 0.6) is 5.75 Å². The van der Waals surface area contributed by atoms with Gasteiger partial charge in [-0.05, 0) is 35.7 Å². The summed E-state index contributed by atoms with van der Waals surface area (Å²) < 4.78 is 5.26. The summed E-state index contributed by atoms with van der Waals surface area (Å²) in [5.41, 5.74) is 1.69. The second kappa shape index (κ2) is 6.29. The molecule has 2 rings (SSSR count). The van der Waals surface area contributed by atoms with Gasteiger partial charge in [-0.3, -0.25) is 0 Å². The molecule has 0 saturated carbocycles. The predicted octanol–water partition coefficient (Wildman–Crippen LogP) is 3.84. The summed E-state index contributed by atoms with van der Waals surface area (Å²) in [5.74, 6) is 0.793. The van der Waals surface area contributed by atoms with Crippen molar-refractivity contribution in [1.82, 2.24) is 0 Å². The molecule has 0 amide bonds. The van der Waals surface area contributed by atoms with E-state index in [4.69, 9.17) is 16.3 Å². The molecule has 106 valence electrons. The van der Waals surface area contributed by atoms with Gasteiger partial charge >= 0.3 is 0 Å². The Bertz CT molecular complexity index is 583. The molecule has 0 aliphatic rings. The number of hydrogen-bond acceptors (Lipinski definition) is 2. The number of methoxy groups -OCH3 is 1. The lowest BCUT2D eigenvalue weighted by Crippen LogP contribution is -2.29. The van der Waals surface area contributed by atoms with Crippen LogP contribution in [0, 0.1) is 0 Å². The minimum Gasteiger partial charge on any atom is -0.497 e. The van der Waals surface area contributed by atoms with Gasteiger partial charge in [0.25, 0.3) is 0 Å². The summed E-state index contributed by atoms with van der Waals surface area (Å²) in [5, 5.41) is 10.6. The molecule has 2 aromatic rings. The first-order valence-electron chi connectivity index (χ1n) is 6.58. The molecule has 2 nitrogen and oxygen atoms in total. The standard InChI is InChI=1S/C17H19ClO2/c1-17(12-19,11-13-6-3-4-9-16(13)18)14-7-5-8-15(10-14)20-2/h3-10,19H,11-12H2,1-2H3. The smallest absolute Gasteiger partial charge is 0.119 e. The van der Waals surface area contributed by atoms with Crippen LogP contribution in [0.4, 0.5) is 0 Å². The Morgan fingerprint density at radius 2 is 1.90 bits per heavy atom. The van der Waals surface area contributed by atoms with Gasteiger partial charge in [0.1, 0.15) is 5.75 Å². The van der Waals surface area contributed by atoms with Gasteiger partial charge in [0.2, 0.25) is 0 Å². The second-order valence-electron chi connectivity index (χ2n) is 5.22. The van der Waals surface area contributed by atoms with Crippen LogP contribution in [0.2, 0.25) is 5.02 Å². The topological polar surface area (TPSA) is 29.5 Å². The van der Waals surface area contributed by atoms with Crippen molar-refractivity contribution < 1.29 is 9.84 Å². The summed E-state index contributed by atoms with van der Waals surface area (Å²) >= 11 is 6.23. The molecular formula is C17H19ClO2. The molecule has 0 aromatic heterocycles. The predicted molar refractivity (Wildman–Crippen MR) is 82.6 cm³/mol. The highest BCUT2D eigenvalue weighted by atomic mass is 35.5. The van der Waals surface area contributed by atoms with Crippen LogP contribution in [0.15, 0.2) is 48.5 Å². The van der Waals surface area contributed by atoms with Crippen LogP contribution in [0.1, 0.15) is 18.1 Å². The lowest BCUT2D eigenvalue weighted by Gasteiger charge is -2.29. The molecule has 0 bridgehead atoms. The summed E-state index contributed by atoms with van der Waals surface area (Å²) in [6, 6.07) is 15.6. The lowest BCUT2D eigenvalue weighted by molar-refractivity contribution is 0.204. The molecular weight excluding hydrogens is 272 g/mol. The van der Waals surface area contributed by atoms with Crippen molar-refractivity contribution in [1.29, 1.82) is 0 Å². The molecule has 0 radical (unpaired) electrons. The molecule has 3 heteroatoms. The highest BCUT2D eigenvalue weighted by molar-refractivity contribution is 6.31. The van der Waals surface area contributed by atoms with Crippen LogP contribution in [0.25, 0.3) is 0 Å². The molecule has 0 fully saturated rings. The lowest BCUT2D eigenvalue weighted by atomic mass is 9.78. The van der Waals surface area contributed by atoms with Crippen LogP contribution >= 0.6 is 11.6 Å². The minimum atomic E-state index is -0.389. The number of rotatable bonds is 5. The van der Waals surface area contributed by atoms with Crippen molar-refractivity contribution in [2.75, 3.05) is 13.7 Å². The Morgan fingerprint density at radius 1 is 1.15 bits per heavy atom. The number of ether oxygens (including phenoxy) is 1. The first-order valence-corrected chi connectivity index (χ1v) is 6.95. The zero-order valence-corrected chi connectivity index (χ0v) is 12.5.